The molecule has 1 aromatic heterocycles. The van der Waals surface area contributed by atoms with Crippen molar-refractivity contribution < 1.29 is 17.7 Å². The van der Waals surface area contributed by atoms with E-state index in [0.717, 1.165) is 0 Å². The number of benzene rings is 1. The van der Waals surface area contributed by atoms with Gasteiger partial charge in [-0.15, -0.1) is 0 Å². The molecule has 1 N–H and O–H groups in total. The molecule has 108 valence electrons. The van der Waals surface area contributed by atoms with Gasteiger partial charge in [-0.3, -0.25) is 4.72 Å². The molecule has 0 aliphatic rings. The van der Waals surface area contributed by atoms with Gasteiger partial charge in [0.25, 0.3) is 10.0 Å². The van der Waals surface area contributed by atoms with Gasteiger partial charge in [-0.2, -0.15) is 0 Å². The molecule has 2 aromatic rings. The average Bonchev–Trinajstić information content (AvgIpc) is 2.72. The molecule has 20 heavy (non-hydrogen) atoms. The van der Waals surface area contributed by atoms with Crippen LogP contribution in [0.4, 0.5) is 5.69 Å². The predicted molar refractivity (Wildman–Crippen MR) is 74.4 cm³/mol. The van der Waals surface area contributed by atoms with Crippen LogP contribution in [0.5, 0.6) is 5.75 Å². The molecule has 0 unspecified atom stereocenters. The number of anilines is 1. The molecule has 0 amide bonds. The van der Waals surface area contributed by atoms with Gasteiger partial charge >= 0.3 is 0 Å². The minimum absolute atomic E-state index is 0.0754. The Morgan fingerprint density at radius 3 is 2.40 bits per heavy atom. The fraction of sp³-hybridized carbons (Fsp3) is 0.308. The van der Waals surface area contributed by atoms with E-state index in [1.165, 1.54) is 0 Å². The summed E-state index contributed by atoms with van der Waals surface area (Å²) in [4.78, 5) is 0.0754. The molecule has 0 bridgehead atoms. The normalized spacial score (nSPS) is 11.3. The monoisotopic (exact) mass is 296 g/mol. The lowest BCUT2D eigenvalue weighted by Gasteiger charge is -2.08. The number of aryl methyl sites for hydroxylation is 2. The maximum absolute atomic E-state index is 12.3. The Bertz CT molecular complexity index is 670. The highest BCUT2D eigenvalue weighted by Gasteiger charge is 2.24. The van der Waals surface area contributed by atoms with E-state index in [0.29, 0.717) is 23.7 Å². The minimum atomic E-state index is -3.70. The molecule has 7 heteroatoms. The molecular weight excluding hydrogens is 280 g/mol. The van der Waals surface area contributed by atoms with Gasteiger partial charge in [0.1, 0.15) is 11.4 Å². The first-order chi connectivity index (χ1) is 9.44. The zero-order chi connectivity index (χ0) is 14.8. The van der Waals surface area contributed by atoms with Crippen LogP contribution in [-0.4, -0.2) is 20.2 Å². The molecular formula is C13H16N2O4S. The summed E-state index contributed by atoms with van der Waals surface area (Å²) in [5.74, 6) is 0.953. The molecule has 0 saturated carbocycles. The van der Waals surface area contributed by atoms with Crippen LogP contribution in [-0.2, 0) is 10.0 Å². The van der Waals surface area contributed by atoms with Gasteiger partial charge in [-0.25, -0.2) is 8.42 Å². The number of sulfonamides is 1. The second-order valence-corrected chi connectivity index (χ2v) is 5.84. The Morgan fingerprint density at radius 1 is 1.25 bits per heavy atom. The summed E-state index contributed by atoms with van der Waals surface area (Å²) in [7, 11) is -3.70. The average molecular weight is 296 g/mol. The molecule has 0 radical (unpaired) electrons. The van der Waals surface area contributed by atoms with Crippen LogP contribution in [0.2, 0.25) is 0 Å². The fourth-order valence-electron chi connectivity index (χ4n) is 1.85. The van der Waals surface area contributed by atoms with Gasteiger partial charge in [0.15, 0.2) is 10.7 Å². The van der Waals surface area contributed by atoms with Crippen LogP contribution in [0, 0.1) is 13.8 Å². The third kappa shape index (κ3) is 2.93. The van der Waals surface area contributed by atoms with E-state index in [-0.39, 0.29) is 10.7 Å². The summed E-state index contributed by atoms with van der Waals surface area (Å²) < 4.78 is 37.2. The lowest BCUT2D eigenvalue weighted by atomic mass is 10.3. The zero-order valence-electron chi connectivity index (χ0n) is 11.5. The van der Waals surface area contributed by atoms with Gasteiger partial charge in [0.2, 0.25) is 0 Å². The molecule has 1 aromatic carbocycles. The Labute approximate surface area is 117 Å². The quantitative estimate of drug-likeness (QED) is 0.916. The van der Waals surface area contributed by atoms with Crippen molar-refractivity contribution in [3.63, 3.8) is 0 Å². The van der Waals surface area contributed by atoms with Crippen molar-refractivity contribution in [2.75, 3.05) is 11.3 Å². The standard InChI is InChI=1S/C13H16N2O4S/c1-4-18-12-7-5-11(6-8-12)15-20(16,17)13-9(2)14-19-10(13)3/h5-8,15H,4H2,1-3H3. The highest BCUT2D eigenvalue weighted by molar-refractivity contribution is 7.92. The summed E-state index contributed by atoms with van der Waals surface area (Å²) in [6, 6.07) is 6.69. The van der Waals surface area contributed by atoms with E-state index in [9.17, 15) is 8.42 Å². The molecule has 1 heterocycles. The Balaban J connectivity index is 2.24. The van der Waals surface area contributed by atoms with Crippen LogP contribution in [0.3, 0.4) is 0 Å². The first-order valence-electron chi connectivity index (χ1n) is 6.12. The van der Waals surface area contributed by atoms with Crippen molar-refractivity contribution in [2.24, 2.45) is 0 Å². The summed E-state index contributed by atoms with van der Waals surface area (Å²) in [5.41, 5.74) is 0.786. The van der Waals surface area contributed by atoms with Gasteiger partial charge in [0.05, 0.1) is 6.61 Å². The molecule has 0 atom stereocenters. The number of hydrogen-bond donors (Lipinski definition) is 1. The highest BCUT2D eigenvalue weighted by Crippen LogP contribution is 2.23. The van der Waals surface area contributed by atoms with Crippen molar-refractivity contribution in [1.29, 1.82) is 0 Å². The van der Waals surface area contributed by atoms with Crippen molar-refractivity contribution >= 4 is 15.7 Å². The fourth-order valence-corrected chi connectivity index (χ4v) is 3.24. The maximum atomic E-state index is 12.3. The third-order valence-electron chi connectivity index (χ3n) is 2.65. The van der Waals surface area contributed by atoms with Gasteiger partial charge in [-0.05, 0) is 45.0 Å². The molecule has 0 aliphatic heterocycles. The topological polar surface area (TPSA) is 81.4 Å². The lowest BCUT2D eigenvalue weighted by molar-refractivity contribution is 0.340. The van der Waals surface area contributed by atoms with Crippen LogP contribution < -0.4 is 9.46 Å². The van der Waals surface area contributed by atoms with Crippen molar-refractivity contribution in [3.05, 3.63) is 35.7 Å². The SMILES string of the molecule is CCOc1ccc(NS(=O)(=O)c2c(C)noc2C)cc1. The molecule has 0 spiro atoms. The number of hydrogen-bond acceptors (Lipinski definition) is 5. The Hall–Kier alpha value is -2.02. The summed E-state index contributed by atoms with van der Waals surface area (Å²) in [5, 5.41) is 3.65. The second-order valence-electron chi connectivity index (χ2n) is 4.22. The summed E-state index contributed by atoms with van der Waals surface area (Å²) in [6.07, 6.45) is 0. The molecule has 0 fully saturated rings. The van der Waals surface area contributed by atoms with Crippen LogP contribution in [0.25, 0.3) is 0 Å². The Morgan fingerprint density at radius 2 is 1.90 bits per heavy atom. The van der Waals surface area contributed by atoms with Crippen LogP contribution >= 0.6 is 0 Å². The smallest absolute Gasteiger partial charge is 0.267 e. The number of ether oxygens (including phenoxy) is 1. The number of nitrogens with zero attached hydrogens (tertiary/aromatic N) is 1. The van der Waals surface area contributed by atoms with Gasteiger partial charge < -0.3 is 9.26 Å². The summed E-state index contributed by atoms with van der Waals surface area (Å²) in [6.45, 7) is 5.59. The Kier molecular flexibility index (Phi) is 3.99. The summed E-state index contributed by atoms with van der Waals surface area (Å²) >= 11 is 0. The van der Waals surface area contributed by atoms with Crippen LogP contribution in [0.15, 0.2) is 33.7 Å². The third-order valence-corrected chi connectivity index (χ3v) is 4.28. The van der Waals surface area contributed by atoms with E-state index in [1.54, 1.807) is 38.1 Å². The van der Waals surface area contributed by atoms with Crippen molar-refractivity contribution in [2.45, 2.75) is 25.7 Å². The van der Waals surface area contributed by atoms with Gasteiger partial charge in [-0.1, -0.05) is 5.16 Å². The van der Waals surface area contributed by atoms with E-state index < -0.39 is 10.0 Å². The minimum Gasteiger partial charge on any atom is -0.494 e. The molecule has 0 aliphatic carbocycles. The van der Waals surface area contributed by atoms with E-state index in [2.05, 4.69) is 9.88 Å². The van der Waals surface area contributed by atoms with Crippen molar-refractivity contribution in [1.82, 2.24) is 5.16 Å². The maximum Gasteiger partial charge on any atom is 0.267 e. The number of nitrogens with one attached hydrogen (secondary N) is 1. The van der Waals surface area contributed by atoms with E-state index in [4.69, 9.17) is 9.26 Å². The lowest BCUT2D eigenvalue weighted by Crippen LogP contribution is -2.14. The zero-order valence-corrected chi connectivity index (χ0v) is 12.3. The first kappa shape index (κ1) is 14.4. The number of rotatable bonds is 5. The molecule has 0 saturated heterocycles. The second kappa shape index (κ2) is 5.54. The number of aromatic nitrogens is 1. The molecule has 6 nitrogen and oxygen atoms in total. The van der Waals surface area contributed by atoms with Crippen LogP contribution in [0.1, 0.15) is 18.4 Å². The predicted octanol–water partition coefficient (Wildman–Crippen LogP) is 2.49. The highest BCUT2D eigenvalue weighted by atomic mass is 32.2. The first-order valence-corrected chi connectivity index (χ1v) is 7.61. The van der Waals surface area contributed by atoms with E-state index in [1.807, 2.05) is 6.92 Å². The van der Waals surface area contributed by atoms with Gasteiger partial charge in [0, 0.05) is 5.69 Å². The molecule has 2 rings (SSSR count). The van der Waals surface area contributed by atoms with Crippen molar-refractivity contribution in [3.8, 4) is 5.75 Å². The van der Waals surface area contributed by atoms with E-state index >= 15 is 0 Å². The largest absolute Gasteiger partial charge is 0.494 e.